The quantitative estimate of drug-likeness (QED) is 0.157. The molecule has 0 aliphatic rings. The Labute approximate surface area is 264 Å². The molecule has 6 aromatic rings. The van der Waals surface area contributed by atoms with Gasteiger partial charge in [-0.05, 0) is 42.5 Å². The highest BCUT2D eigenvalue weighted by molar-refractivity contribution is 6.68. The number of fused-ring (bicyclic) bond motifs is 2. The van der Waals surface area contributed by atoms with E-state index in [-0.39, 0.29) is 16.9 Å². The van der Waals surface area contributed by atoms with Crippen LogP contribution in [0.5, 0.6) is 0 Å². The van der Waals surface area contributed by atoms with Crippen LogP contribution < -0.4 is 43.9 Å². The molecule has 0 spiro atoms. The van der Waals surface area contributed by atoms with Crippen LogP contribution in [0.2, 0.25) is 0 Å². The number of carbonyl (C=O) groups is 1. The highest BCUT2D eigenvalue weighted by Crippen LogP contribution is 2.23. The summed E-state index contributed by atoms with van der Waals surface area (Å²) < 4.78 is 4.90. The third kappa shape index (κ3) is 4.92. The van der Waals surface area contributed by atoms with Gasteiger partial charge in [0.2, 0.25) is 0 Å². The number of rotatable bonds is 4. The van der Waals surface area contributed by atoms with Crippen LogP contribution in [0.3, 0.4) is 0 Å². The lowest BCUT2D eigenvalue weighted by molar-refractivity contribution is 0.0941. The zero-order chi connectivity index (χ0) is 32.2. The maximum absolute atomic E-state index is 14.8. The van der Waals surface area contributed by atoms with E-state index in [4.69, 9.17) is 5.73 Å². The van der Waals surface area contributed by atoms with Crippen molar-refractivity contribution in [3.05, 3.63) is 87.9 Å². The third-order valence-electron chi connectivity index (χ3n) is 8.85. The molecular weight excluding hydrogens is 558 g/mol. The van der Waals surface area contributed by atoms with E-state index in [1.807, 2.05) is 60.0 Å². The van der Waals surface area contributed by atoms with Crippen molar-refractivity contribution < 1.29 is 4.79 Å². The minimum atomic E-state index is -0.599. The molecule has 3 N–H and O–H groups in total. The van der Waals surface area contributed by atoms with Crippen molar-refractivity contribution in [1.82, 2.24) is 34.3 Å². The first-order valence-electron chi connectivity index (χ1n) is 14.6. The number of hydrogen-bond acceptors (Lipinski definition) is 6. The summed E-state index contributed by atoms with van der Waals surface area (Å²) in [4.78, 5) is 32.8. The Hall–Kier alpha value is -5.37. The highest BCUT2D eigenvalue weighted by atomic mass is 16.2. The molecule has 4 aromatic heterocycles. The number of carbonyl (C=O) groups excluding carboxylic acids is 1. The predicted octanol–water partition coefficient (Wildman–Crippen LogP) is -5.47. The SMILES string of the molecule is Bc1c(B)c(B)c(-n2c(C(C)NC(=O)c3c(N)nn4cccnc34)cc3cccc(C#Cc4ccnn4C)c3c2=O)c(B)c1B. The Morgan fingerprint density at radius 1 is 0.978 bits per heavy atom. The summed E-state index contributed by atoms with van der Waals surface area (Å²) in [6.45, 7) is 1.86. The zero-order valence-corrected chi connectivity index (χ0v) is 26.4. The topological polar surface area (TPSA) is 125 Å². The molecule has 1 amide bonds. The van der Waals surface area contributed by atoms with Crippen LogP contribution in [-0.4, -0.2) is 74.1 Å². The van der Waals surface area contributed by atoms with E-state index in [9.17, 15) is 9.59 Å². The van der Waals surface area contributed by atoms with E-state index >= 15 is 0 Å². The van der Waals surface area contributed by atoms with Gasteiger partial charge in [-0.25, -0.2) is 9.50 Å². The van der Waals surface area contributed by atoms with E-state index in [0.717, 1.165) is 38.6 Å². The smallest absolute Gasteiger partial charge is 0.264 e. The van der Waals surface area contributed by atoms with Crippen LogP contribution >= 0.6 is 0 Å². The maximum Gasteiger partial charge on any atom is 0.264 e. The molecule has 0 aliphatic heterocycles. The molecule has 0 aliphatic carbocycles. The molecule has 15 heteroatoms. The Bertz CT molecular complexity index is 2290. The second kappa shape index (κ2) is 11.3. The van der Waals surface area contributed by atoms with Gasteiger partial charge in [-0.2, -0.15) is 5.10 Å². The normalized spacial score (nSPS) is 11.8. The highest BCUT2D eigenvalue weighted by Gasteiger charge is 2.25. The molecule has 4 heterocycles. The van der Waals surface area contributed by atoms with Crippen molar-refractivity contribution in [3.8, 4) is 17.5 Å². The third-order valence-corrected chi connectivity index (χ3v) is 8.85. The van der Waals surface area contributed by atoms with Gasteiger partial charge in [-0.3, -0.25) is 18.8 Å². The summed E-state index contributed by atoms with van der Waals surface area (Å²) in [7, 11) is 12.1. The van der Waals surface area contributed by atoms with Crippen LogP contribution in [-0.2, 0) is 7.05 Å². The minimum absolute atomic E-state index is 0.0717. The second-order valence-corrected chi connectivity index (χ2v) is 11.4. The molecule has 2 aromatic carbocycles. The fourth-order valence-corrected chi connectivity index (χ4v) is 5.94. The minimum Gasteiger partial charge on any atom is -0.381 e. The molecule has 1 atom stereocenters. The number of amides is 1. The summed E-state index contributed by atoms with van der Waals surface area (Å²) in [5.41, 5.74) is 14.6. The lowest BCUT2D eigenvalue weighted by Crippen LogP contribution is -2.57. The molecule has 216 valence electrons. The van der Waals surface area contributed by atoms with Gasteiger partial charge >= 0.3 is 0 Å². The van der Waals surface area contributed by atoms with Crippen LogP contribution in [0.1, 0.15) is 40.3 Å². The number of nitrogens with two attached hydrogens (primary N) is 1. The van der Waals surface area contributed by atoms with E-state index in [1.165, 1.54) is 9.98 Å². The second-order valence-electron chi connectivity index (χ2n) is 11.4. The number of benzene rings is 2. The van der Waals surface area contributed by atoms with E-state index < -0.39 is 11.9 Å². The Balaban J connectivity index is 1.59. The number of hydrogen-bond donors (Lipinski definition) is 2. The average Bonchev–Trinajstić information content (AvgIpc) is 3.59. The molecule has 10 nitrogen and oxygen atoms in total. The Morgan fingerprint density at radius 3 is 2.38 bits per heavy atom. The molecule has 0 saturated heterocycles. The van der Waals surface area contributed by atoms with Gasteiger partial charge in [0.25, 0.3) is 11.5 Å². The fraction of sp³-hybridized carbons (Fsp3) is 0.100. The first kappa shape index (κ1) is 29.7. The van der Waals surface area contributed by atoms with E-state index in [1.54, 1.807) is 33.9 Å². The largest absolute Gasteiger partial charge is 0.381 e. The van der Waals surface area contributed by atoms with Gasteiger partial charge in [0.1, 0.15) is 50.5 Å². The fourth-order valence-electron chi connectivity index (χ4n) is 5.94. The van der Waals surface area contributed by atoms with Crippen LogP contribution in [0.15, 0.2) is 59.8 Å². The molecule has 45 heavy (non-hydrogen) atoms. The summed E-state index contributed by atoms with van der Waals surface area (Å²) >= 11 is 0. The molecule has 0 bridgehead atoms. The molecule has 1 unspecified atom stereocenters. The van der Waals surface area contributed by atoms with Gasteiger partial charge in [-0.1, -0.05) is 39.9 Å². The first-order chi connectivity index (χ1) is 21.5. The standard InChI is InChI=1S/C30H29B5N8O2/c1-14(39-29(44)20-27(36)40-42-12-4-10-37-28(20)42)18-13-16-6-3-5-15(7-8-17-9-11-38-41(17)2)19(16)30(45)43(18)26-24(34)22(32)21(31)23(33)25(26)35/h3-6,9-14H,31-35H2,1-2H3,(H2,36,40)(H,39,44). The number of aryl methyl sites for hydroxylation is 1. The van der Waals surface area contributed by atoms with Gasteiger partial charge < -0.3 is 11.1 Å². The zero-order valence-electron chi connectivity index (χ0n) is 26.4. The Kier molecular flexibility index (Phi) is 7.45. The van der Waals surface area contributed by atoms with Crippen molar-refractivity contribution in [3.63, 3.8) is 0 Å². The molecule has 0 radical (unpaired) electrons. The van der Waals surface area contributed by atoms with Gasteiger partial charge in [0.05, 0.1) is 17.6 Å². The monoisotopic (exact) mass is 588 g/mol. The lowest BCUT2D eigenvalue weighted by Gasteiger charge is -2.26. The van der Waals surface area contributed by atoms with Crippen molar-refractivity contribution >= 4 is 94.7 Å². The van der Waals surface area contributed by atoms with Crippen LogP contribution in [0, 0.1) is 11.8 Å². The number of nitrogen functional groups attached to an aromatic ring is 1. The van der Waals surface area contributed by atoms with Gasteiger partial charge in [0, 0.05) is 36.4 Å². The molecule has 6 rings (SSSR count). The summed E-state index contributed by atoms with van der Waals surface area (Å²) in [6.07, 6.45) is 4.95. The Morgan fingerprint density at radius 2 is 1.69 bits per heavy atom. The van der Waals surface area contributed by atoms with Crippen molar-refractivity contribution in [2.45, 2.75) is 13.0 Å². The summed E-state index contributed by atoms with van der Waals surface area (Å²) in [5.74, 6) is 6.00. The van der Waals surface area contributed by atoms with Crippen LogP contribution in [0.4, 0.5) is 5.82 Å². The number of nitrogens with zero attached hydrogens (tertiary/aromatic N) is 6. The van der Waals surface area contributed by atoms with Crippen molar-refractivity contribution in [2.24, 2.45) is 7.05 Å². The maximum atomic E-state index is 14.8. The van der Waals surface area contributed by atoms with E-state index in [0.29, 0.717) is 22.3 Å². The first-order valence-corrected chi connectivity index (χ1v) is 14.6. The van der Waals surface area contributed by atoms with Gasteiger partial charge in [0.15, 0.2) is 11.5 Å². The lowest BCUT2D eigenvalue weighted by atomic mass is 9.61. The van der Waals surface area contributed by atoms with Crippen molar-refractivity contribution in [1.29, 1.82) is 0 Å². The summed E-state index contributed by atoms with van der Waals surface area (Å²) in [6, 6.07) is 10.5. The number of aromatic nitrogens is 6. The molecule has 0 fully saturated rings. The number of pyridine rings is 1. The molecular formula is C30H29B5N8O2. The van der Waals surface area contributed by atoms with Gasteiger partial charge in [-0.15, -0.1) is 10.6 Å². The van der Waals surface area contributed by atoms with Crippen molar-refractivity contribution in [2.75, 3.05) is 5.73 Å². The average molecular weight is 588 g/mol. The predicted molar refractivity (Wildman–Crippen MR) is 193 cm³/mol. The number of nitrogens with one attached hydrogen (secondary N) is 1. The van der Waals surface area contributed by atoms with Crippen LogP contribution in [0.25, 0.3) is 22.1 Å². The summed E-state index contributed by atoms with van der Waals surface area (Å²) in [5, 5.41) is 12.7. The number of anilines is 1. The van der Waals surface area contributed by atoms with E-state index in [2.05, 4.69) is 55.9 Å². The molecule has 0 saturated carbocycles.